The lowest BCUT2D eigenvalue weighted by Gasteiger charge is -2.08. The van der Waals surface area contributed by atoms with Crippen LogP contribution in [0.25, 0.3) is 0 Å². The first-order valence-electron chi connectivity index (χ1n) is 7.65. The molecule has 0 spiro atoms. The molecular formula is C17H23N3O3. The maximum Gasteiger partial charge on any atom is 0.224 e. The molecule has 0 aliphatic carbocycles. The molecule has 1 amide bonds. The predicted molar refractivity (Wildman–Crippen MR) is 87.4 cm³/mol. The zero-order chi connectivity index (χ0) is 16.7. The van der Waals surface area contributed by atoms with E-state index in [0.717, 1.165) is 34.9 Å². The molecule has 0 saturated carbocycles. The van der Waals surface area contributed by atoms with Crippen LogP contribution >= 0.6 is 0 Å². The number of hydrogen-bond acceptors (Lipinski definition) is 5. The van der Waals surface area contributed by atoms with Gasteiger partial charge in [-0.15, -0.1) is 0 Å². The van der Waals surface area contributed by atoms with Crippen LogP contribution in [0.1, 0.15) is 22.6 Å². The molecule has 0 aliphatic rings. The number of aromatic nitrogens is 1. The molecule has 1 heterocycles. The summed E-state index contributed by atoms with van der Waals surface area (Å²) >= 11 is 0. The van der Waals surface area contributed by atoms with Gasteiger partial charge in [-0.25, -0.2) is 0 Å². The van der Waals surface area contributed by atoms with Gasteiger partial charge in [0.2, 0.25) is 5.91 Å². The van der Waals surface area contributed by atoms with E-state index in [1.807, 2.05) is 45.2 Å². The standard InChI is InChI=1S/C17H23N3O3/c1-12-16(13(2)23-20-12)11-22-15-6-4-14(5-7-15)10-17(21)19-9-8-18-3/h4-7,18H,8-11H2,1-3H3,(H,19,21). The molecule has 0 bridgehead atoms. The van der Waals surface area contributed by atoms with Crippen LogP contribution < -0.4 is 15.4 Å². The van der Waals surface area contributed by atoms with Crippen LogP contribution in [-0.2, 0) is 17.8 Å². The van der Waals surface area contributed by atoms with Gasteiger partial charge in [-0.05, 0) is 38.6 Å². The number of amides is 1. The number of rotatable bonds is 8. The first kappa shape index (κ1) is 17.0. The van der Waals surface area contributed by atoms with Gasteiger partial charge in [-0.3, -0.25) is 4.79 Å². The summed E-state index contributed by atoms with van der Waals surface area (Å²) in [6.45, 7) is 5.58. The fourth-order valence-electron chi connectivity index (χ4n) is 2.14. The molecule has 23 heavy (non-hydrogen) atoms. The Kier molecular flexibility index (Phi) is 6.17. The number of hydrogen-bond donors (Lipinski definition) is 2. The lowest BCUT2D eigenvalue weighted by Crippen LogP contribution is -2.31. The normalized spacial score (nSPS) is 10.6. The molecule has 2 rings (SSSR count). The average molecular weight is 317 g/mol. The highest BCUT2D eigenvalue weighted by molar-refractivity contribution is 5.78. The van der Waals surface area contributed by atoms with Crippen molar-refractivity contribution in [3.05, 3.63) is 46.8 Å². The third-order valence-electron chi connectivity index (χ3n) is 3.55. The number of ether oxygens (including phenoxy) is 1. The van der Waals surface area contributed by atoms with Crippen LogP contribution in [-0.4, -0.2) is 31.2 Å². The molecule has 0 saturated heterocycles. The van der Waals surface area contributed by atoms with Gasteiger partial charge >= 0.3 is 0 Å². The van der Waals surface area contributed by atoms with Crippen molar-refractivity contribution >= 4 is 5.91 Å². The molecule has 0 radical (unpaired) electrons. The summed E-state index contributed by atoms with van der Waals surface area (Å²) in [5.74, 6) is 1.55. The van der Waals surface area contributed by atoms with Crippen LogP contribution in [0.4, 0.5) is 0 Å². The van der Waals surface area contributed by atoms with Crippen LogP contribution in [0.15, 0.2) is 28.8 Å². The minimum absolute atomic E-state index is 0.0182. The Morgan fingerprint density at radius 1 is 1.22 bits per heavy atom. The van der Waals surface area contributed by atoms with Gasteiger partial charge in [0.15, 0.2) is 0 Å². The zero-order valence-corrected chi connectivity index (χ0v) is 13.8. The van der Waals surface area contributed by atoms with E-state index in [0.29, 0.717) is 19.6 Å². The van der Waals surface area contributed by atoms with Gasteiger partial charge in [0.1, 0.15) is 18.1 Å². The van der Waals surface area contributed by atoms with E-state index >= 15 is 0 Å². The third-order valence-corrected chi connectivity index (χ3v) is 3.55. The molecule has 6 heteroatoms. The molecule has 1 aromatic heterocycles. The van der Waals surface area contributed by atoms with Gasteiger partial charge in [-0.1, -0.05) is 17.3 Å². The molecule has 0 atom stereocenters. The second-order valence-electron chi connectivity index (χ2n) is 5.37. The van der Waals surface area contributed by atoms with Crippen molar-refractivity contribution in [3.8, 4) is 5.75 Å². The van der Waals surface area contributed by atoms with E-state index in [-0.39, 0.29) is 5.91 Å². The Morgan fingerprint density at radius 3 is 2.57 bits per heavy atom. The molecule has 2 aromatic rings. The summed E-state index contributed by atoms with van der Waals surface area (Å²) in [5, 5.41) is 9.74. The van der Waals surface area contributed by atoms with E-state index in [1.54, 1.807) is 0 Å². The van der Waals surface area contributed by atoms with E-state index in [4.69, 9.17) is 9.26 Å². The van der Waals surface area contributed by atoms with Gasteiger partial charge < -0.3 is 19.9 Å². The number of carbonyl (C=O) groups is 1. The summed E-state index contributed by atoms with van der Waals surface area (Å²) < 4.78 is 10.9. The SMILES string of the molecule is CNCCNC(=O)Cc1ccc(OCc2c(C)noc2C)cc1. The van der Waals surface area contributed by atoms with Gasteiger partial charge in [0.25, 0.3) is 0 Å². The number of nitrogens with zero attached hydrogens (tertiary/aromatic N) is 1. The van der Waals surface area contributed by atoms with E-state index < -0.39 is 0 Å². The first-order valence-corrected chi connectivity index (χ1v) is 7.65. The van der Waals surface area contributed by atoms with Crippen molar-refractivity contribution in [3.63, 3.8) is 0 Å². The van der Waals surface area contributed by atoms with E-state index in [1.165, 1.54) is 0 Å². The Hall–Kier alpha value is -2.34. The monoisotopic (exact) mass is 317 g/mol. The first-order chi connectivity index (χ1) is 11.1. The summed E-state index contributed by atoms with van der Waals surface area (Å²) in [6, 6.07) is 7.55. The highest BCUT2D eigenvalue weighted by Crippen LogP contribution is 2.18. The van der Waals surface area contributed by atoms with Crippen LogP contribution in [0.3, 0.4) is 0 Å². The molecule has 0 unspecified atom stereocenters. The highest BCUT2D eigenvalue weighted by Gasteiger charge is 2.09. The Bertz CT molecular complexity index is 616. The summed E-state index contributed by atoms with van der Waals surface area (Å²) in [6.07, 6.45) is 0.369. The second-order valence-corrected chi connectivity index (χ2v) is 5.37. The Balaban J connectivity index is 1.83. The third kappa shape index (κ3) is 5.10. The molecule has 2 N–H and O–H groups in total. The second kappa shape index (κ2) is 8.33. The van der Waals surface area contributed by atoms with Crippen LogP contribution in [0.5, 0.6) is 5.75 Å². The van der Waals surface area contributed by atoms with Crippen molar-refractivity contribution in [2.24, 2.45) is 0 Å². The lowest BCUT2D eigenvalue weighted by atomic mass is 10.1. The largest absolute Gasteiger partial charge is 0.489 e. The van der Waals surface area contributed by atoms with Crippen molar-refractivity contribution in [2.75, 3.05) is 20.1 Å². The Morgan fingerprint density at radius 2 is 1.96 bits per heavy atom. The maximum atomic E-state index is 11.7. The maximum absolute atomic E-state index is 11.7. The number of aryl methyl sites for hydroxylation is 2. The summed E-state index contributed by atoms with van der Waals surface area (Å²) in [4.78, 5) is 11.7. The van der Waals surface area contributed by atoms with E-state index in [9.17, 15) is 4.79 Å². The zero-order valence-electron chi connectivity index (χ0n) is 13.8. The van der Waals surface area contributed by atoms with Crippen LogP contribution in [0.2, 0.25) is 0 Å². The minimum Gasteiger partial charge on any atom is -0.489 e. The van der Waals surface area contributed by atoms with Crippen molar-refractivity contribution < 1.29 is 14.1 Å². The molecule has 0 aliphatic heterocycles. The predicted octanol–water partition coefficient (Wildman–Crippen LogP) is 1.75. The average Bonchev–Trinajstić information content (AvgIpc) is 2.86. The topological polar surface area (TPSA) is 76.4 Å². The number of carbonyl (C=O) groups excluding carboxylic acids is 1. The number of benzene rings is 1. The Labute approximate surface area is 136 Å². The molecule has 6 nitrogen and oxygen atoms in total. The lowest BCUT2D eigenvalue weighted by molar-refractivity contribution is -0.120. The van der Waals surface area contributed by atoms with Crippen molar-refractivity contribution in [1.82, 2.24) is 15.8 Å². The summed E-state index contributed by atoms with van der Waals surface area (Å²) in [7, 11) is 1.85. The van der Waals surface area contributed by atoms with Gasteiger partial charge in [-0.2, -0.15) is 0 Å². The molecule has 0 fully saturated rings. The number of likely N-dealkylation sites (N-methyl/N-ethyl adjacent to an activating group) is 1. The number of nitrogens with one attached hydrogen (secondary N) is 2. The smallest absolute Gasteiger partial charge is 0.224 e. The fraction of sp³-hybridized carbons (Fsp3) is 0.412. The fourth-order valence-corrected chi connectivity index (χ4v) is 2.14. The van der Waals surface area contributed by atoms with Crippen molar-refractivity contribution in [2.45, 2.75) is 26.9 Å². The molecular weight excluding hydrogens is 294 g/mol. The molecule has 124 valence electrons. The quantitative estimate of drug-likeness (QED) is 0.725. The van der Waals surface area contributed by atoms with Crippen molar-refractivity contribution in [1.29, 1.82) is 0 Å². The van der Waals surface area contributed by atoms with E-state index in [2.05, 4.69) is 15.8 Å². The highest BCUT2D eigenvalue weighted by atomic mass is 16.5. The van der Waals surface area contributed by atoms with Gasteiger partial charge in [0.05, 0.1) is 17.7 Å². The molecule has 1 aromatic carbocycles. The van der Waals surface area contributed by atoms with Crippen LogP contribution in [0, 0.1) is 13.8 Å². The minimum atomic E-state index is 0.0182. The summed E-state index contributed by atoms with van der Waals surface area (Å²) in [5.41, 5.74) is 2.77. The van der Waals surface area contributed by atoms with Gasteiger partial charge in [0, 0.05) is 13.1 Å².